The van der Waals surface area contributed by atoms with Gasteiger partial charge in [0.2, 0.25) is 0 Å². The first-order chi connectivity index (χ1) is 16.2. The van der Waals surface area contributed by atoms with E-state index in [1.165, 1.54) is 65.5 Å². The van der Waals surface area contributed by atoms with Gasteiger partial charge in [-0.1, -0.05) is 92.6 Å². The van der Waals surface area contributed by atoms with Crippen molar-refractivity contribution >= 4 is 0 Å². The maximum atomic E-state index is 12.3. The van der Waals surface area contributed by atoms with E-state index in [2.05, 4.69) is 79.7 Å². The Morgan fingerprint density at radius 2 is 1.15 bits per heavy atom. The largest absolute Gasteiger partial charge is 0.251 e. The zero-order valence-electron chi connectivity index (χ0n) is 20.2. The fraction of sp³-hybridized carbons (Fsp3) is 0.438. The predicted octanol–water partition coefficient (Wildman–Crippen LogP) is 9.11. The average molecular weight is 443 g/mol. The lowest BCUT2D eigenvalue weighted by Crippen LogP contribution is -2.13. The molecular formula is C32H39F. The van der Waals surface area contributed by atoms with Gasteiger partial charge in [0.15, 0.2) is 0 Å². The minimum Gasteiger partial charge on any atom is -0.251 e. The van der Waals surface area contributed by atoms with Gasteiger partial charge in [-0.15, -0.1) is 0 Å². The van der Waals surface area contributed by atoms with E-state index in [0.29, 0.717) is 5.92 Å². The van der Waals surface area contributed by atoms with Crippen molar-refractivity contribution < 1.29 is 4.39 Å². The molecule has 0 spiro atoms. The van der Waals surface area contributed by atoms with E-state index in [9.17, 15) is 4.39 Å². The Morgan fingerprint density at radius 3 is 1.70 bits per heavy atom. The van der Waals surface area contributed by atoms with Crippen LogP contribution in [0.1, 0.15) is 80.0 Å². The molecule has 1 fully saturated rings. The SMILES string of the molecule is CCc1ccc(CCc2ccc(-c3ccc([C@H]4CC[C@H](CCCCF)CC4)cc3)cc2)cc1. The van der Waals surface area contributed by atoms with Gasteiger partial charge in [-0.05, 0) is 96.6 Å². The van der Waals surface area contributed by atoms with E-state index in [4.69, 9.17) is 0 Å². The fourth-order valence-electron chi connectivity index (χ4n) is 5.35. The highest BCUT2D eigenvalue weighted by Crippen LogP contribution is 2.38. The lowest BCUT2D eigenvalue weighted by molar-refractivity contribution is 0.298. The van der Waals surface area contributed by atoms with Crippen LogP contribution >= 0.6 is 0 Å². The Kier molecular flexibility index (Phi) is 8.75. The molecule has 0 radical (unpaired) electrons. The van der Waals surface area contributed by atoms with Crippen molar-refractivity contribution in [2.45, 2.75) is 77.0 Å². The zero-order chi connectivity index (χ0) is 22.9. The normalized spacial score (nSPS) is 18.4. The molecule has 0 bridgehead atoms. The molecule has 1 heteroatoms. The molecule has 0 unspecified atom stereocenters. The van der Waals surface area contributed by atoms with Crippen molar-refractivity contribution in [3.8, 4) is 11.1 Å². The van der Waals surface area contributed by atoms with Gasteiger partial charge in [-0.25, -0.2) is 0 Å². The summed E-state index contributed by atoms with van der Waals surface area (Å²) in [7, 11) is 0. The van der Waals surface area contributed by atoms with Gasteiger partial charge in [0, 0.05) is 0 Å². The third kappa shape index (κ3) is 6.79. The van der Waals surface area contributed by atoms with Gasteiger partial charge in [-0.3, -0.25) is 4.39 Å². The highest BCUT2D eigenvalue weighted by atomic mass is 19.1. The van der Waals surface area contributed by atoms with E-state index in [1.54, 1.807) is 0 Å². The van der Waals surface area contributed by atoms with Crippen LogP contribution in [-0.4, -0.2) is 6.67 Å². The summed E-state index contributed by atoms with van der Waals surface area (Å²) in [6.45, 7) is 2.05. The lowest BCUT2D eigenvalue weighted by atomic mass is 9.77. The minimum atomic E-state index is -0.155. The van der Waals surface area contributed by atoms with Crippen LogP contribution in [0, 0.1) is 5.92 Å². The predicted molar refractivity (Wildman–Crippen MR) is 140 cm³/mol. The molecule has 3 aromatic carbocycles. The highest BCUT2D eigenvalue weighted by Gasteiger charge is 2.22. The van der Waals surface area contributed by atoms with Crippen LogP contribution in [0.25, 0.3) is 11.1 Å². The Bertz CT molecular complexity index is 945. The zero-order valence-corrected chi connectivity index (χ0v) is 20.2. The van der Waals surface area contributed by atoms with Crippen molar-refractivity contribution in [3.05, 3.63) is 95.1 Å². The third-order valence-corrected chi connectivity index (χ3v) is 7.65. The topological polar surface area (TPSA) is 0 Å². The first kappa shape index (κ1) is 23.7. The van der Waals surface area contributed by atoms with Crippen molar-refractivity contribution in [1.29, 1.82) is 0 Å². The number of aryl methyl sites for hydroxylation is 3. The summed E-state index contributed by atoms with van der Waals surface area (Å²) in [5, 5.41) is 0. The monoisotopic (exact) mass is 442 g/mol. The fourth-order valence-corrected chi connectivity index (χ4v) is 5.35. The lowest BCUT2D eigenvalue weighted by Gasteiger charge is -2.29. The second-order valence-electron chi connectivity index (χ2n) is 9.89. The second kappa shape index (κ2) is 12.2. The first-order valence-electron chi connectivity index (χ1n) is 13.1. The number of halogens is 1. The van der Waals surface area contributed by atoms with Crippen LogP contribution in [0.2, 0.25) is 0 Å². The van der Waals surface area contributed by atoms with Gasteiger partial charge in [0.25, 0.3) is 0 Å². The van der Waals surface area contributed by atoms with E-state index in [1.807, 2.05) is 0 Å². The summed E-state index contributed by atoms with van der Waals surface area (Å²) in [6, 6.07) is 27.4. The summed E-state index contributed by atoms with van der Waals surface area (Å²) in [6.07, 6.45) is 11.5. The smallest absolute Gasteiger partial charge is 0.0894 e. The molecule has 0 aliphatic heterocycles. The summed E-state index contributed by atoms with van der Waals surface area (Å²) < 4.78 is 12.3. The summed E-state index contributed by atoms with van der Waals surface area (Å²) in [4.78, 5) is 0. The molecule has 0 heterocycles. The number of rotatable bonds is 10. The van der Waals surface area contributed by atoms with Crippen LogP contribution in [0.5, 0.6) is 0 Å². The molecular weight excluding hydrogens is 403 g/mol. The van der Waals surface area contributed by atoms with Crippen LogP contribution in [0.3, 0.4) is 0 Å². The number of alkyl halides is 1. The average Bonchev–Trinajstić information content (AvgIpc) is 2.89. The Morgan fingerprint density at radius 1 is 0.636 bits per heavy atom. The van der Waals surface area contributed by atoms with Crippen molar-refractivity contribution in [2.24, 2.45) is 5.92 Å². The number of unbranched alkanes of at least 4 members (excludes halogenated alkanes) is 1. The molecule has 174 valence electrons. The maximum absolute atomic E-state index is 12.3. The number of hydrogen-bond donors (Lipinski definition) is 0. The van der Waals surface area contributed by atoms with Crippen LogP contribution in [0.15, 0.2) is 72.8 Å². The van der Waals surface area contributed by atoms with Crippen LogP contribution < -0.4 is 0 Å². The molecule has 1 saturated carbocycles. The van der Waals surface area contributed by atoms with Gasteiger partial charge in [-0.2, -0.15) is 0 Å². The molecule has 0 saturated heterocycles. The van der Waals surface area contributed by atoms with Crippen LogP contribution in [0.4, 0.5) is 4.39 Å². The van der Waals surface area contributed by atoms with Gasteiger partial charge >= 0.3 is 0 Å². The number of hydrogen-bond acceptors (Lipinski definition) is 0. The summed E-state index contributed by atoms with van der Waals surface area (Å²) in [5.41, 5.74) is 8.33. The van der Waals surface area contributed by atoms with Gasteiger partial charge < -0.3 is 0 Å². The minimum absolute atomic E-state index is 0.155. The Labute approximate surface area is 200 Å². The van der Waals surface area contributed by atoms with Crippen molar-refractivity contribution in [1.82, 2.24) is 0 Å². The van der Waals surface area contributed by atoms with Gasteiger partial charge in [0.05, 0.1) is 6.67 Å². The van der Waals surface area contributed by atoms with E-state index in [0.717, 1.165) is 38.0 Å². The van der Waals surface area contributed by atoms with Crippen molar-refractivity contribution in [3.63, 3.8) is 0 Å². The summed E-state index contributed by atoms with van der Waals surface area (Å²) >= 11 is 0. The maximum Gasteiger partial charge on any atom is 0.0894 e. The Hall–Kier alpha value is -2.41. The second-order valence-corrected chi connectivity index (χ2v) is 9.89. The molecule has 0 nitrogen and oxygen atoms in total. The molecule has 0 N–H and O–H groups in total. The molecule has 4 rings (SSSR count). The molecule has 0 amide bonds. The highest BCUT2D eigenvalue weighted by molar-refractivity contribution is 5.64. The molecule has 0 aromatic heterocycles. The standard InChI is InChI=1S/C32H39F/c1-2-25-6-8-27(9-7-25)10-11-28-14-18-30(19-15-28)32-22-20-31(21-23-32)29-16-12-26(13-17-29)5-3-4-24-33/h6-9,14-15,18-23,26,29H,2-5,10-13,16-17,24H2,1H3/t26-,29-. The molecule has 1 aliphatic rings. The molecule has 33 heavy (non-hydrogen) atoms. The van der Waals surface area contributed by atoms with Gasteiger partial charge in [0.1, 0.15) is 0 Å². The Balaban J connectivity index is 1.28. The number of benzene rings is 3. The molecule has 3 aromatic rings. The summed E-state index contributed by atoms with van der Waals surface area (Å²) in [5.74, 6) is 1.52. The third-order valence-electron chi connectivity index (χ3n) is 7.65. The van der Waals surface area contributed by atoms with E-state index in [-0.39, 0.29) is 6.67 Å². The van der Waals surface area contributed by atoms with E-state index < -0.39 is 0 Å². The van der Waals surface area contributed by atoms with Crippen molar-refractivity contribution in [2.75, 3.05) is 6.67 Å². The van der Waals surface area contributed by atoms with Crippen LogP contribution in [-0.2, 0) is 19.3 Å². The quantitative estimate of drug-likeness (QED) is 0.275. The first-order valence-corrected chi connectivity index (χ1v) is 13.1. The van der Waals surface area contributed by atoms with E-state index >= 15 is 0 Å². The molecule has 0 atom stereocenters. The molecule has 1 aliphatic carbocycles.